The van der Waals surface area contributed by atoms with Crippen molar-refractivity contribution in [2.75, 3.05) is 11.5 Å². The second-order valence-corrected chi connectivity index (χ2v) is 3.85. The molecular weight excluding hydrogens is 170 g/mol. The molecule has 62 valence electrons. The lowest BCUT2D eigenvalue weighted by Gasteiger charge is -2.15. The van der Waals surface area contributed by atoms with E-state index in [1.165, 1.54) is 0 Å². The van der Waals surface area contributed by atoms with Crippen molar-refractivity contribution in [1.29, 1.82) is 0 Å². The minimum Gasteiger partial charge on any atom is -0.398 e. The third kappa shape index (κ3) is 1.10. The molecule has 1 aliphatic heterocycles. The first kappa shape index (κ1) is 7.68. The van der Waals surface area contributed by atoms with E-state index >= 15 is 0 Å². The van der Waals surface area contributed by atoms with Gasteiger partial charge in [-0.2, -0.15) is 0 Å². The molecule has 2 rings (SSSR count). The summed E-state index contributed by atoms with van der Waals surface area (Å²) in [7, 11) is 0. The van der Waals surface area contributed by atoms with Crippen LogP contribution < -0.4 is 5.73 Å². The summed E-state index contributed by atoms with van der Waals surface area (Å²) in [4.78, 5) is 12.3. The molecular formula is C9H9NOS. The first-order chi connectivity index (χ1) is 5.79. The van der Waals surface area contributed by atoms with E-state index in [4.69, 9.17) is 5.73 Å². The maximum atomic E-state index is 11.4. The van der Waals surface area contributed by atoms with Gasteiger partial charge in [0.25, 0.3) is 0 Å². The van der Waals surface area contributed by atoms with Crippen molar-refractivity contribution in [2.45, 2.75) is 11.3 Å². The Bertz CT molecular complexity index is 335. The molecule has 0 fully saturated rings. The average molecular weight is 179 g/mol. The van der Waals surface area contributed by atoms with Crippen molar-refractivity contribution >= 4 is 23.2 Å². The van der Waals surface area contributed by atoms with Gasteiger partial charge >= 0.3 is 0 Å². The molecule has 0 amide bonds. The second kappa shape index (κ2) is 2.83. The number of Topliss-reactive ketones (excluding diaryl/α,β-unsaturated/α-hetero) is 1. The standard InChI is InChI=1S/C9H9NOS/c10-7-3-1-2-6-8(11)4-5-12-9(6)7/h1-3H,4-5,10H2. The smallest absolute Gasteiger partial charge is 0.164 e. The molecule has 1 aliphatic rings. The van der Waals surface area contributed by atoms with Gasteiger partial charge in [0.2, 0.25) is 0 Å². The zero-order valence-electron chi connectivity index (χ0n) is 6.54. The fourth-order valence-electron chi connectivity index (χ4n) is 1.32. The van der Waals surface area contributed by atoms with E-state index in [1.807, 2.05) is 18.2 Å². The van der Waals surface area contributed by atoms with E-state index < -0.39 is 0 Å². The molecule has 1 heterocycles. The molecule has 0 aromatic heterocycles. The zero-order chi connectivity index (χ0) is 8.55. The molecule has 0 unspecified atom stereocenters. The summed E-state index contributed by atoms with van der Waals surface area (Å²) in [6, 6.07) is 5.52. The number of thioether (sulfide) groups is 1. The summed E-state index contributed by atoms with van der Waals surface area (Å²) >= 11 is 1.67. The van der Waals surface area contributed by atoms with Crippen LogP contribution in [0.15, 0.2) is 23.1 Å². The lowest BCUT2D eigenvalue weighted by Crippen LogP contribution is -2.09. The Kier molecular flexibility index (Phi) is 1.81. The van der Waals surface area contributed by atoms with Crippen molar-refractivity contribution in [1.82, 2.24) is 0 Å². The molecule has 2 N–H and O–H groups in total. The second-order valence-electron chi connectivity index (χ2n) is 2.75. The van der Waals surface area contributed by atoms with Gasteiger partial charge < -0.3 is 5.73 Å². The SMILES string of the molecule is Nc1cccc2c1SCCC2=O. The van der Waals surface area contributed by atoms with Crippen LogP contribution in [-0.2, 0) is 0 Å². The molecule has 0 radical (unpaired) electrons. The van der Waals surface area contributed by atoms with Crippen LogP contribution in [0, 0.1) is 0 Å². The maximum absolute atomic E-state index is 11.4. The highest BCUT2D eigenvalue weighted by atomic mass is 32.2. The van der Waals surface area contributed by atoms with Gasteiger partial charge in [-0.15, -0.1) is 11.8 Å². The fourth-order valence-corrected chi connectivity index (χ4v) is 2.38. The van der Waals surface area contributed by atoms with Crippen molar-refractivity contribution in [3.63, 3.8) is 0 Å². The van der Waals surface area contributed by atoms with Crippen LogP contribution in [0.3, 0.4) is 0 Å². The fraction of sp³-hybridized carbons (Fsp3) is 0.222. The Morgan fingerprint density at radius 1 is 1.42 bits per heavy atom. The Morgan fingerprint density at radius 3 is 3.00 bits per heavy atom. The van der Waals surface area contributed by atoms with Crippen molar-refractivity contribution in [2.24, 2.45) is 0 Å². The lowest BCUT2D eigenvalue weighted by molar-refractivity contribution is 0.0985. The Hall–Kier alpha value is -0.960. The number of carbonyl (C=O) groups is 1. The highest BCUT2D eigenvalue weighted by molar-refractivity contribution is 7.99. The summed E-state index contributed by atoms with van der Waals surface area (Å²) in [5.74, 6) is 1.08. The van der Waals surface area contributed by atoms with Gasteiger partial charge in [0.05, 0.1) is 0 Å². The lowest BCUT2D eigenvalue weighted by atomic mass is 10.1. The maximum Gasteiger partial charge on any atom is 0.164 e. The number of nitrogen functional groups attached to an aromatic ring is 1. The highest BCUT2D eigenvalue weighted by Gasteiger charge is 2.18. The molecule has 0 saturated carbocycles. The normalized spacial score (nSPS) is 15.8. The minimum atomic E-state index is 0.219. The molecule has 1 aromatic rings. The van der Waals surface area contributed by atoms with Crippen LogP contribution >= 0.6 is 11.8 Å². The summed E-state index contributed by atoms with van der Waals surface area (Å²) < 4.78 is 0. The van der Waals surface area contributed by atoms with Crippen LogP contribution in [0.4, 0.5) is 5.69 Å². The molecule has 0 bridgehead atoms. The Labute approximate surface area is 75.1 Å². The number of anilines is 1. The predicted octanol–water partition coefficient (Wildman–Crippen LogP) is 1.95. The molecule has 0 spiro atoms. The Morgan fingerprint density at radius 2 is 2.25 bits per heavy atom. The van der Waals surface area contributed by atoms with E-state index in [2.05, 4.69) is 0 Å². The number of hydrogen-bond donors (Lipinski definition) is 1. The molecule has 0 atom stereocenters. The van der Waals surface area contributed by atoms with Crippen molar-refractivity contribution in [3.8, 4) is 0 Å². The summed E-state index contributed by atoms with van der Waals surface area (Å²) in [6.45, 7) is 0. The number of ketones is 1. The van der Waals surface area contributed by atoms with Crippen LogP contribution in [0.25, 0.3) is 0 Å². The summed E-state index contributed by atoms with van der Waals surface area (Å²) in [5.41, 5.74) is 7.26. The number of fused-ring (bicyclic) bond motifs is 1. The van der Waals surface area contributed by atoms with Crippen LogP contribution in [0.1, 0.15) is 16.8 Å². The number of carbonyl (C=O) groups excluding carboxylic acids is 1. The van der Waals surface area contributed by atoms with Crippen LogP contribution in [0.2, 0.25) is 0 Å². The molecule has 1 aromatic carbocycles. The van der Waals surface area contributed by atoms with Gasteiger partial charge in [0.15, 0.2) is 5.78 Å². The largest absolute Gasteiger partial charge is 0.398 e. The van der Waals surface area contributed by atoms with Gasteiger partial charge in [-0.25, -0.2) is 0 Å². The molecule has 0 aliphatic carbocycles. The quantitative estimate of drug-likeness (QED) is 0.619. The van der Waals surface area contributed by atoms with Crippen molar-refractivity contribution in [3.05, 3.63) is 23.8 Å². The monoisotopic (exact) mass is 179 g/mol. The number of hydrogen-bond acceptors (Lipinski definition) is 3. The topological polar surface area (TPSA) is 43.1 Å². The van der Waals surface area contributed by atoms with Gasteiger partial charge in [-0.3, -0.25) is 4.79 Å². The van der Waals surface area contributed by atoms with Gasteiger partial charge in [0, 0.05) is 28.3 Å². The molecule has 12 heavy (non-hydrogen) atoms. The average Bonchev–Trinajstić information content (AvgIpc) is 2.07. The third-order valence-electron chi connectivity index (χ3n) is 1.92. The van der Waals surface area contributed by atoms with Crippen LogP contribution in [0.5, 0.6) is 0 Å². The number of benzene rings is 1. The van der Waals surface area contributed by atoms with E-state index in [0.29, 0.717) is 6.42 Å². The third-order valence-corrected chi connectivity index (χ3v) is 3.07. The Balaban J connectivity index is 2.59. The molecule has 0 saturated heterocycles. The zero-order valence-corrected chi connectivity index (χ0v) is 7.36. The van der Waals surface area contributed by atoms with E-state index in [-0.39, 0.29) is 5.78 Å². The number of nitrogens with two attached hydrogens (primary N) is 1. The van der Waals surface area contributed by atoms with Crippen LogP contribution in [-0.4, -0.2) is 11.5 Å². The first-order valence-electron chi connectivity index (χ1n) is 3.83. The summed E-state index contributed by atoms with van der Waals surface area (Å²) in [5, 5.41) is 0. The molecule has 2 nitrogen and oxygen atoms in total. The van der Waals surface area contributed by atoms with Gasteiger partial charge in [-0.05, 0) is 6.07 Å². The van der Waals surface area contributed by atoms with Crippen molar-refractivity contribution < 1.29 is 4.79 Å². The minimum absolute atomic E-state index is 0.219. The predicted molar refractivity (Wildman–Crippen MR) is 50.5 cm³/mol. The van der Waals surface area contributed by atoms with E-state index in [9.17, 15) is 4.79 Å². The first-order valence-corrected chi connectivity index (χ1v) is 4.82. The van der Waals surface area contributed by atoms with Gasteiger partial charge in [-0.1, -0.05) is 12.1 Å². The highest BCUT2D eigenvalue weighted by Crippen LogP contribution is 2.34. The van der Waals surface area contributed by atoms with E-state index in [1.54, 1.807) is 11.8 Å². The van der Waals surface area contributed by atoms with E-state index in [0.717, 1.165) is 21.9 Å². The molecule has 3 heteroatoms. The summed E-state index contributed by atoms with van der Waals surface area (Å²) in [6.07, 6.45) is 0.640. The van der Waals surface area contributed by atoms with Gasteiger partial charge in [0.1, 0.15) is 0 Å². The number of rotatable bonds is 0.